The third kappa shape index (κ3) is 15.8. The Morgan fingerprint density at radius 3 is 1.08 bits per heavy atom. The van der Waals surface area contributed by atoms with E-state index in [2.05, 4.69) is 11.0 Å². The minimum Gasteiger partial charge on any atom is -0.374 e. The van der Waals surface area contributed by atoms with Crippen molar-refractivity contribution in [3.63, 3.8) is 0 Å². The van der Waals surface area contributed by atoms with E-state index < -0.39 is 29.5 Å². The zero-order valence-corrected chi connectivity index (χ0v) is 24.7. The molecule has 0 fully saturated rings. The normalized spacial score (nSPS) is 12.3. The molecule has 0 saturated carbocycles. The SMILES string of the molecule is CCO[Si](CCCNOC(=O)C=CC(=O)ONCCC[Si](OCC)(OCC)OCC)(OCC)OCC. The van der Waals surface area contributed by atoms with E-state index in [1.807, 2.05) is 41.5 Å². The van der Waals surface area contributed by atoms with Gasteiger partial charge in [0.2, 0.25) is 0 Å². The van der Waals surface area contributed by atoms with E-state index in [9.17, 15) is 9.59 Å². The van der Waals surface area contributed by atoms with Gasteiger partial charge in [-0.05, 0) is 54.4 Å². The third-order valence-electron chi connectivity index (χ3n) is 4.41. The summed E-state index contributed by atoms with van der Waals surface area (Å²) in [6, 6.07) is 1.18. The molecule has 0 aliphatic heterocycles. The number of hydroxylamine groups is 2. The molecular weight excluding hydrogens is 508 g/mol. The highest BCUT2D eigenvalue weighted by molar-refractivity contribution is 6.61. The van der Waals surface area contributed by atoms with Crippen molar-refractivity contribution < 1.29 is 45.8 Å². The van der Waals surface area contributed by atoms with Crippen LogP contribution in [0, 0.1) is 0 Å². The average molecular weight is 555 g/mol. The Hall–Kier alpha value is -1.21. The first kappa shape index (κ1) is 34.8. The molecule has 0 heterocycles. The van der Waals surface area contributed by atoms with Gasteiger partial charge in [0.1, 0.15) is 0 Å². The minimum absolute atomic E-state index is 0.379. The summed E-state index contributed by atoms with van der Waals surface area (Å²) in [7, 11) is -5.45. The van der Waals surface area contributed by atoms with Crippen LogP contribution in [0.3, 0.4) is 0 Å². The molecule has 0 aromatic carbocycles. The Labute approximate surface area is 217 Å². The van der Waals surface area contributed by atoms with Crippen LogP contribution in [0.5, 0.6) is 0 Å². The van der Waals surface area contributed by atoms with Gasteiger partial charge in [0.05, 0.1) is 0 Å². The quantitative estimate of drug-likeness (QED) is 0.0786. The monoisotopic (exact) mass is 554 g/mol. The Morgan fingerprint density at radius 2 is 0.833 bits per heavy atom. The Balaban J connectivity index is 4.22. The molecule has 12 nitrogen and oxygen atoms in total. The number of rotatable bonds is 24. The van der Waals surface area contributed by atoms with Crippen molar-refractivity contribution in [2.75, 3.05) is 52.7 Å². The molecule has 0 radical (unpaired) electrons. The van der Waals surface area contributed by atoms with Crippen molar-refractivity contribution in [1.29, 1.82) is 0 Å². The lowest BCUT2D eigenvalue weighted by molar-refractivity contribution is -0.147. The summed E-state index contributed by atoms with van der Waals surface area (Å²) in [5.74, 6) is -1.45. The number of hydrogen-bond donors (Lipinski definition) is 2. The summed E-state index contributed by atoms with van der Waals surface area (Å²) in [6.07, 6.45) is 3.20. The Morgan fingerprint density at radius 1 is 0.556 bits per heavy atom. The van der Waals surface area contributed by atoms with Crippen molar-refractivity contribution >= 4 is 29.5 Å². The lowest BCUT2D eigenvalue weighted by atomic mass is 10.5. The van der Waals surface area contributed by atoms with Crippen LogP contribution in [0.4, 0.5) is 0 Å². The molecule has 2 N–H and O–H groups in total. The van der Waals surface area contributed by atoms with Gasteiger partial charge >= 0.3 is 29.5 Å². The number of carbonyl (C=O) groups excluding carboxylic acids is 2. The van der Waals surface area contributed by atoms with Gasteiger partial charge in [0.25, 0.3) is 0 Å². The molecule has 0 bridgehead atoms. The molecule has 0 saturated heterocycles. The largest absolute Gasteiger partial charge is 0.500 e. The molecule has 0 spiro atoms. The van der Waals surface area contributed by atoms with Crippen molar-refractivity contribution in [2.24, 2.45) is 0 Å². The van der Waals surface area contributed by atoms with Crippen LogP contribution in [0.2, 0.25) is 12.1 Å². The number of hydrogen-bond acceptors (Lipinski definition) is 12. The molecule has 0 amide bonds. The fraction of sp³-hybridized carbons (Fsp3) is 0.818. The van der Waals surface area contributed by atoms with Gasteiger partial charge in [0.15, 0.2) is 0 Å². The molecule has 0 unspecified atom stereocenters. The van der Waals surface area contributed by atoms with Crippen LogP contribution in [0.1, 0.15) is 54.4 Å². The summed E-state index contributed by atoms with van der Waals surface area (Å²) < 4.78 is 34.6. The summed E-state index contributed by atoms with van der Waals surface area (Å²) in [6.45, 7) is 15.1. The van der Waals surface area contributed by atoms with Gasteiger partial charge in [-0.3, -0.25) is 0 Å². The summed E-state index contributed by atoms with van der Waals surface area (Å²) >= 11 is 0. The topological polar surface area (TPSA) is 132 Å². The Kier molecular flexibility index (Phi) is 21.1. The zero-order chi connectivity index (χ0) is 27.1. The third-order valence-corrected chi connectivity index (χ3v) is 10.7. The van der Waals surface area contributed by atoms with Crippen LogP contribution in [-0.4, -0.2) is 82.3 Å². The van der Waals surface area contributed by atoms with Crippen LogP contribution in [0.25, 0.3) is 0 Å². The van der Waals surface area contributed by atoms with Gasteiger partial charge in [-0.15, -0.1) is 0 Å². The molecule has 0 aromatic rings. The maximum atomic E-state index is 11.8. The number of nitrogens with one attached hydrogen (secondary N) is 2. The van der Waals surface area contributed by atoms with E-state index in [0.29, 0.717) is 77.7 Å². The highest BCUT2D eigenvalue weighted by Crippen LogP contribution is 2.18. The average Bonchev–Trinajstić information content (AvgIpc) is 2.83. The van der Waals surface area contributed by atoms with Crippen LogP contribution in [-0.2, 0) is 45.8 Å². The van der Waals surface area contributed by atoms with Crippen molar-refractivity contribution in [2.45, 2.75) is 66.5 Å². The smallest absolute Gasteiger partial charge is 0.374 e. The van der Waals surface area contributed by atoms with E-state index in [1.165, 1.54) is 0 Å². The first-order valence-electron chi connectivity index (χ1n) is 12.7. The molecule has 0 aliphatic carbocycles. The van der Waals surface area contributed by atoms with E-state index >= 15 is 0 Å². The molecule has 36 heavy (non-hydrogen) atoms. The van der Waals surface area contributed by atoms with Crippen molar-refractivity contribution in [3.05, 3.63) is 12.2 Å². The van der Waals surface area contributed by atoms with Crippen LogP contribution in [0.15, 0.2) is 12.2 Å². The zero-order valence-electron chi connectivity index (χ0n) is 22.7. The molecule has 0 atom stereocenters. The molecular formula is C22H46N2O10Si2. The standard InChI is InChI=1S/C22H46N2O10Si2/c1-7-27-35(28-8-2,29-9-3)19-13-17-23-33-21(25)15-16-22(26)34-24-18-14-20-36(30-10-4,31-11-5)32-12-6/h15-16,23-24H,7-14,17-20H2,1-6H3. The lowest BCUT2D eigenvalue weighted by Crippen LogP contribution is -2.46. The van der Waals surface area contributed by atoms with E-state index in [4.69, 9.17) is 36.2 Å². The second-order valence-corrected chi connectivity index (χ2v) is 12.6. The predicted molar refractivity (Wildman–Crippen MR) is 137 cm³/mol. The first-order chi connectivity index (χ1) is 17.4. The molecule has 0 aliphatic rings. The van der Waals surface area contributed by atoms with Gasteiger partial charge in [0, 0.05) is 77.0 Å². The predicted octanol–water partition coefficient (Wildman–Crippen LogP) is 2.52. The minimum atomic E-state index is -2.73. The molecule has 0 rings (SSSR count). The Bertz CT molecular complexity index is 529. The summed E-state index contributed by atoms with van der Waals surface area (Å²) in [4.78, 5) is 33.3. The molecule has 14 heteroatoms. The fourth-order valence-corrected chi connectivity index (χ4v) is 8.43. The second-order valence-electron chi connectivity index (χ2n) is 7.14. The van der Waals surface area contributed by atoms with E-state index in [1.54, 1.807) is 0 Å². The summed E-state index contributed by atoms with van der Waals surface area (Å²) in [5, 5.41) is 0. The maximum absolute atomic E-state index is 11.8. The molecule has 212 valence electrons. The fourth-order valence-electron chi connectivity index (χ4n) is 3.21. The second kappa shape index (κ2) is 21.8. The lowest BCUT2D eigenvalue weighted by Gasteiger charge is -2.28. The van der Waals surface area contributed by atoms with Gasteiger partial charge in [-0.25, -0.2) is 9.59 Å². The van der Waals surface area contributed by atoms with Gasteiger partial charge in [-0.1, -0.05) is 0 Å². The van der Waals surface area contributed by atoms with E-state index in [0.717, 1.165) is 12.2 Å². The van der Waals surface area contributed by atoms with Crippen molar-refractivity contribution in [1.82, 2.24) is 11.0 Å². The first-order valence-corrected chi connectivity index (χ1v) is 16.6. The van der Waals surface area contributed by atoms with E-state index in [-0.39, 0.29) is 0 Å². The highest BCUT2D eigenvalue weighted by Gasteiger charge is 2.40. The van der Waals surface area contributed by atoms with Gasteiger partial charge < -0.3 is 36.2 Å². The maximum Gasteiger partial charge on any atom is 0.500 e. The molecule has 0 aromatic heterocycles. The van der Waals surface area contributed by atoms with Crippen LogP contribution >= 0.6 is 0 Å². The highest BCUT2D eigenvalue weighted by atomic mass is 28.4. The van der Waals surface area contributed by atoms with Gasteiger partial charge in [-0.2, -0.15) is 11.0 Å². The van der Waals surface area contributed by atoms with Crippen molar-refractivity contribution in [3.8, 4) is 0 Å². The number of carbonyl (C=O) groups is 2. The van der Waals surface area contributed by atoms with Crippen LogP contribution < -0.4 is 11.0 Å². The summed E-state index contributed by atoms with van der Waals surface area (Å²) in [5.41, 5.74) is 5.14.